The van der Waals surface area contributed by atoms with Crippen molar-refractivity contribution in [2.75, 3.05) is 36.4 Å². The summed E-state index contributed by atoms with van der Waals surface area (Å²) in [5.74, 6) is 1.55. The Balaban J connectivity index is 1.37. The van der Waals surface area contributed by atoms with Gasteiger partial charge in [-0.05, 0) is 44.7 Å². The Hall–Kier alpha value is -2.88. The molecule has 0 saturated carbocycles. The number of nitrogens with zero attached hydrogens (tertiary/aromatic N) is 3. The minimum atomic E-state index is -0.251. The Labute approximate surface area is 191 Å². The average Bonchev–Trinajstić information content (AvgIpc) is 3.53. The molecule has 0 aliphatic carbocycles. The number of carbonyl (C=O) groups excluding carboxylic acids is 3. The lowest BCUT2D eigenvalue weighted by Crippen LogP contribution is -2.40. The molecule has 10 heteroatoms. The fourth-order valence-electron chi connectivity index (χ4n) is 4.14. The molecule has 32 heavy (non-hydrogen) atoms. The lowest BCUT2D eigenvalue weighted by Gasteiger charge is -2.31. The van der Waals surface area contributed by atoms with Gasteiger partial charge < -0.3 is 24.9 Å². The molecule has 3 amide bonds. The van der Waals surface area contributed by atoms with E-state index in [0.717, 1.165) is 37.5 Å². The lowest BCUT2D eigenvalue weighted by atomic mass is 9.96. The van der Waals surface area contributed by atoms with Crippen LogP contribution in [0.15, 0.2) is 16.5 Å². The van der Waals surface area contributed by atoms with Crippen molar-refractivity contribution in [3.05, 3.63) is 28.5 Å². The van der Waals surface area contributed by atoms with Gasteiger partial charge in [-0.1, -0.05) is 11.3 Å². The van der Waals surface area contributed by atoms with Gasteiger partial charge in [-0.2, -0.15) is 0 Å². The monoisotopic (exact) mass is 459 g/mol. The number of aromatic nitrogens is 1. The lowest BCUT2D eigenvalue weighted by molar-refractivity contribution is -0.125. The van der Waals surface area contributed by atoms with Crippen LogP contribution in [-0.4, -0.2) is 53.8 Å². The van der Waals surface area contributed by atoms with Gasteiger partial charge in [0, 0.05) is 39.0 Å². The van der Waals surface area contributed by atoms with E-state index < -0.39 is 0 Å². The molecule has 2 saturated heterocycles. The fraction of sp³-hybridized carbons (Fsp3) is 0.545. The normalized spacial score (nSPS) is 16.9. The Morgan fingerprint density at radius 1 is 1.16 bits per heavy atom. The number of hydrogen-bond donors (Lipinski definition) is 2. The predicted molar refractivity (Wildman–Crippen MR) is 122 cm³/mol. The highest BCUT2D eigenvalue weighted by atomic mass is 32.1. The maximum Gasteiger partial charge on any atom is 0.267 e. The fourth-order valence-corrected chi connectivity index (χ4v) is 5.18. The Bertz CT molecular complexity index is 986. The van der Waals surface area contributed by atoms with Crippen LogP contribution in [0, 0.1) is 12.8 Å². The van der Waals surface area contributed by atoms with Crippen LogP contribution < -0.4 is 15.5 Å². The molecule has 9 nitrogen and oxygen atoms in total. The number of hydrogen-bond acceptors (Lipinski definition) is 7. The molecule has 2 N–H and O–H groups in total. The molecule has 4 rings (SSSR count). The number of amides is 3. The number of carbonyl (C=O) groups is 3. The first-order chi connectivity index (χ1) is 15.4. The van der Waals surface area contributed by atoms with E-state index >= 15 is 0 Å². The van der Waals surface area contributed by atoms with E-state index in [4.69, 9.17) is 4.42 Å². The van der Waals surface area contributed by atoms with Gasteiger partial charge in [0.05, 0.1) is 6.54 Å². The maximum absolute atomic E-state index is 12.9. The third kappa shape index (κ3) is 5.12. The number of thiazole rings is 1. The van der Waals surface area contributed by atoms with Gasteiger partial charge in [-0.15, -0.1) is 0 Å². The van der Waals surface area contributed by atoms with Gasteiger partial charge in [-0.25, -0.2) is 4.98 Å². The summed E-state index contributed by atoms with van der Waals surface area (Å²) < 4.78 is 5.50. The van der Waals surface area contributed by atoms with Crippen LogP contribution in [0.4, 0.5) is 10.9 Å². The molecule has 0 unspecified atom stereocenters. The number of furan rings is 1. The van der Waals surface area contributed by atoms with E-state index in [1.165, 1.54) is 18.3 Å². The van der Waals surface area contributed by atoms with Gasteiger partial charge in [0.25, 0.3) is 5.91 Å². The van der Waals surface area contributed by atoms with Gasteiger partial charge >= 0.3 is 0 Å². The van der Waals surface area contributed by atoms with Crippen LogP contribution >= 0.6 is 11.3 Å². The van der Waals surface area contributed by atoms with Crippen molar-refractivity contribution in [3.63, 3.8) is 0 Å². The molecule has 0 aromatic carbocycles. The van der Waals surface area contributed by atoms with Crippen LogP contribution in [0.5, 0.6) is 0 Å². The van der Waals surface area contributed by atoms with Gasteiger partial charge in [0.15, 0.2) is 10.9 Å². The van der Waals surface area contributed by atoms with Crippen molar-refractivity contribution in [2.45, 2.75) is 46.1 Å². The highest BCUT2D eigenvalue weighted by Crippen LogP contribution is 2.34. The standard InChI is InChI=1S/C22H29N5O4S/c1-14-5-6-17(31-14)13-23-20(29)16-7-11-27(12-8-16)22-25-19(24-15(2)28)18(32-22)21(30)26-9-3-4-10-26/h5-6,16H,3-4,7-13H2,1-2H3,(H,23,29)(H,24,28). The van der Waals surface area contributed by atoms with E-state index in [2.05, 4.69) is 20.5 Å². The maximum atomic E-state index is 12.9. The second-order valence-electron chi connectivity index (χ2n) is 8.35. The first kappa shape index (κ1) is 22.3. The number of nitrogens with one attached hydrogen (secondary N) is 2. The summed E-state index contributed by atoms with van der Waals surface area (Å²) in [5, 5.41) is 6.38. The molecule has 2 aromatic heterocycles. The Kier molecular flexibility index (Phi) is 6.78. The summed E-state index contributed by atoms with van der Waals surface area (Å²) in [6.45, 7) is 6.50. The molecule has 0 bridgehead atoms. The highest BCUT2D eigenvalue weighted by molar-refractivity contribution is 7.18. The van der Waals surface area contributed by atoms with Crippen molar-refractivity contribution < 1.29 is 18.8 Å². The first-order valence-electron chi connectivity index (χ1n) is 11.1. The molecule has 2 aromatic rings. The Morgan fingerprint density at radius 2 is 1.88 bits per heavy atom. The number of likely N-dealkylation sites (tertiary alicyclic amines) is 1. The van der Waals surface area contributed by atoms with Crippen molar-refractivity contribution in [2.24, 2.45) is 5.92 Å². The second kappa shape index (κ2) is 9.72. The molecule has 2 aliphatic rings. The SMILES string of the molecule is CC(=O)Nc1nc(N2CCC(C(=O)NCc3ccc(C)o3)CC2)sc1C(=O)N1CCCC1. The summed E-state index contributed by atoms with van der Waals surface area (Å²) in [4.78, 5) is 46.1. The third-order valence-corrected chi connectivity index (χ3v) is 6.97. The molecular formula is C22H29N5O4S. The zero-order valence-electron chi connectivity index (χ0n) is 18.5. The molecule has 0 atom stereocenters. The number of piperidine rings is 1. The van der Waals surface area contributed by atoms with Crippen molar-refractivity contribution in [3.8, 4) is 0 Å². The summed E-state index contributed by atoms with van der Waals surface area (Å²) in [6, 6.07) is 3.75. The van der Waals surface area contributed by atoms with Crippen molar-refractivity contribution in [1.82, 2.24) is 15.2 Å². The smallest absolute Gasteiger partial charge is 0.267 e. The summed E-state index contributed by atoms with van der Waals surface area (Å²) in [5.41, 5.74) is 0. The molecule has 0 spiro atoms. The molecule has 4 heterocycles. The minimum absolute atomic E-state index is 0.0293. The Morgan fingerprint density at radius 3 is 2.50 bits per heavy atom. The summed E-state index contributed by atoms with van der Waals surface area (Å²) in [6.07, 6.45) is 3.41. The van der Waals surface area contributed by atoms with Gasteiger partial charge in [0.2, 0.25) is 11.8 Å². The predicted octanol–water partition coefficient (Wildman–Crippen LogP) is 2.77. The quantitative estimate of drug-likeness (QED) is 0.688. The van der Waals surface area contributed by atoms with E-state index in [-0.39, 0.29) is 23.6 Å². The van der Waals surface area contributed by atoms with E-state index in [9.17, 15) is 14.4 Å². The number of aryl methyl sites for hydroxylation is 1. The molecule has 0 radical (unpaired) electrons. The van der Waals surface area contributed by atoms with Crippen LogP contribution in [0.2, 0.25) is 0 Å². The molecule has 2 fully saturated rings. The number of anilines is 2. The van der Waals surface area contributed by atoms with Crippen LogP contribution in [0.1, 0.15) is 53.8 Å². The summed E-state index contributed by atoms with van der Waals surface area (Å²) in [7, 11) is 0. The summed E-state index contributed by atoms with van der Waals surface area (Å²) >= 11 is 1.32. The average molecular weight is 460 g/mol. The van der Waals surface area contributed by atoms with Crippen LogP contribution in [0.25, 0.3) is 0 Å². The van der Waals surface area contributed by atoms with Gasteiger partial charge in [0.1, 0.15) is 16.4 Å². The van der Waals surface area contributed by atoms with Crippen LogP contribution in [0.3, 0.4) is 0 Å². The minimum Gasteiger partial charge on any atom is -0.465 e. The molecular weight excluding hydrogens is 430 g/mol. The molecule has 172 valence electrons. The van der Waals surface area contributed by atoms with Gasteiger partial charge in [-0.3, -0.25) is 14.4 Å². The van der Waals surface area contributed by atoms with E-state index in [1.807, 2.05) is 24.0 Å². The van der Waals surface area contributed by atoms with Crippen LogP contribution in [-0.2, 0) is 16.1 Å². The topological polar surface area (TPSA) is 108 Å². The number of rotatable bonds is 6. The second-order valence-corrected chi connectivity index (χ2v) is 9.32. The zero-order valence-corrected chi connectivity index (χ0v) is 19.3. The zero-order chi connectivity index (χ0) is 22.7. The highest BCUT2D eigenvalue weighted by Gasteiger charge is 2.30. The third-order valence-electron chi connectivity index (χ3n) is 5.87. The van der Waals surface area contributed by atoms with Crippen molar-refractivity contribution >= 4 is 40.0 Å². The first-order valence-corrected chi connectivity index (χ1v) is 11.9. The van der Waals surface area contributed by atoms with E-state index in [0.29, 0.717) is 48.3 Å². The largest absolute Gasteiger partial charge is 0.465 e. The van der Waals surface area contributed by atoms with Crippen molar-refractivity contribution in [1.29, 1.82) is 0 Å². The van der Waals surface area contributed by atoms with E-state index in [1.54, 1.807) is 0 Å². The molecule has 2 aliphatic heterocycles.